The van der Waals surface area contributed by atoms with Gasteiger partial charge >= 0.3 is 0 Å². The van der Waals surface area contributed by atoms with Crippen LogP contribution >= 0.6 is 0 Å². The normalized spacial score (nSPS) is 14.2. The van der Waals surface area contributed by atoms with E-state index in [9.17, 15) is 13.2 Å². The van der Waals surface area contributed by atoms with Crippen molar-refractivity contribution >= 4 is 15.9 Å². The number of H-pyrrole nitrogens is 1. The predicted molar refractivity (Wildman–Crippen MR) is 103 cm³/mol. The molecule has 2 N–H and O–H groups in total. The molecule has 0 saturated heterocycles. The van der Waals surface area contributed by atoms with Crippen LogP contribution in [0.1, 0.15) is 54.3 Å². The minimum Gasteiger partial charge on any atom is -0.345 e. The molecule has 1 aliphatic carbocycles. The molecule has 0 fully saturated rings. The number of benzene rings is 1. The highest BCUT2D eigenvalue weighted by Crippen LogP contribution is 2.19. The van der Waals surface area contributed by atoms with Gasteiger partial charge in [-0.2, -0.15) is 4.31 Å². The lowest BCUT2D eigenvalue weighted by atomic mass is 10.0. The zero-order chi connectivity index (χ0) is 19.4. The van der Waals surface area contributed by atoms with Gasteiger partial charge in [0.1, 0.15) is 5.82 Å². The monoisotopic (exact) mass is 390 g/mol. The number of aromatic nitrogens is 2. The van der Waals surface area contributed by atoms with Gasteiger partial charge in [-0.25, -0.2) is 13.4 Å². The van der Waals surface area contributed by atoms with Crippen LogP contribution in [0.15, 0.2) is 29.2 Å². The van der Waals surface area contributed by atoms with Crippen LogP contribution in [0.4, 0.5) is 0 Å². The second-order valence-electron chi connectivity index (χ2n) is 6.61. The second kappa shape index (κ2) is 8.22. The number of nitrogens with zero attached hydrogens (tertiary/aromatic N) is 2. The molecule has 0 bridgehead atoms. The van der Waals surface area contributed by atoms with Crippen LogP contribution in [0.2, 0.25) is 0 Å². The fourth-order valence-electron chi connectivity index (χ4n) is 3.35. The highest BCUT2D eigenvalue weighted by Gasteiger charge is 2.21. The molecule has 0 aliphatic heterocycles. The Bertz CT molecular complexity index is 876. The van der Waals surface area contributed by atoms with Crippen molar-refractivity contribution in [1.82, 2.24) is 19.6 Å². The summed E-state index contributed by atoms with van der Waals surface area (Å²) >= 11 is 0. The van der Waals surface area contributed by atoms with Crippen LogP contribution in [0.25, 0.3) is 0 Å². The van der Waals surface area contributed by atoms with Crippen LogP contribution in [0.3, 0.4) is 0 Å². The third kappa shape index (κ3) is 4.22. The number of hydrogen-bond donors (Lipinski definition) is 2. The molecule has 3 rings (SSSR count). The van der Waals surface area contributed by atoms with Gasteiger partial charge in [0.05, 0.1) is 17.1 Å². The summed E-state index contributed by atoms with van der Waals surface area (Å²) in [6, 6.07) is 6.04. The summed E-state index contributed by atoms with van der Waals surface area (Å²) in [7, 11) is -3.51. The molecule has 2 aromatic rings. The highest BCUT2D eigenvalue weighted by molar-refractivity contribution is 7.89. The lowest BCUT2D eigenvalue weighted by molar-refractivity contribution is 0.0950. The van der Waals surface area contributed by atoms with Gasteiger partial charge in [-0.05, 0) is 49.9 Å². The SMILES string of the molecule is CCN(CC)S(=O)(=O)c1ccc(C(=O)NCc2nc3c([nH]2)CCCC3)cc1. The average Bonchev–Trinajstić information content (AvgIpc) is 3.10. The number of hydrogen-bond acceptors (Lipinski definition) is 4. The van der Waals surface area contributed by atoms with Crippen molar-refractivity contribution in [2.45, 2.75) is 51.0 Å². The number of sulfonamides is 1. The van der Waals surface area contributed by atoms with E-state index in [2.05, 4.69) is 15.3 Å². The third-order valence-electron chi connectivity index (χ3n) is 4.88. The first-order valence-electron chi connectivity index (χ1n) is 9.40. The van der Waals surface area contributed by atoms with Gasteiger partial charge in [-0.1, -0.05) is 13.8 Å². The molecule has 0 radical (unpaired) electrons. The van der Waals surface area contributed by atoms with Crippen molar-refractivity contribution in [2.75, 3.05) is 13.1 Å². The first kappa shape index (κ1) is 19.6. The molecule has 1 aromatic carbocycles. The average molecular weight is 391 g/mol. The number of rotatable bonds is 7. The number of carbonyl (C=O) groups excluding carboxylic acids is 1. The quantitative estimate of drug-likeness (QED) is 0.758. The Balaban J connectivity index is 1.64. The summed E-state index contributed by atoms with van der Waals surface area (Å²) in [5, 5.41) is 2.84. The van der Waals surface area contributed by atoms with Gasteiger partial charge in [-0.3, -0.25) is 4.79 Å². The van der Waals surface area contributed by atoms with E-state index in [1.54, 1.807) is 26.0 Å². The van der Waals surface area contributed by atoms with Crippen LogP contribution < -0.4 is 5.32 Å². The fraction of sp³-hybridized carbons (Fsp3) is 0.474. The standard InChI is InChI=1S/C19H26N4O3S/c1-3-23(4-2)27(25,26)15-11-9-14(10-12-15)19(24)20-13-18-21-16-7-5-6-8-17(16)22-18/h9-12H,3-8,13H2,1-2H3,(H,20,24)(H,21,22). The Kier molecular flexibility index (Phi) is 5.96. The summed E-state index contributed by atoms with van der Waals surface area (Å²) < 4.78 is 26.4. The zero-order valence-corrected chi connectivity index (χ0v) is 16.6. The first-order chi connectivity index (χ1) is 13.0. The van der Waals surface area contributed by atoms with Crippen LogP contribution in [-0.2, 0) is 29.4 Å². The van der Waals surface area contributed by atoms with Gasteiger partial charge in [0.25, 0.3) is 5.91 Å². The summed E-state index contributed by atoms with van der Waals surface area (Å²) in [5.74, 6) is 0.507. The van der Waals surface area contributed by atoms with E-state index in [0.29, 0.717) is 25.2 Å². The molecule has 0 spiro atoms. The zero-order valence-electron chi connectivity index (χ0n) is 15.8. The van der Waals surface area contributed by atoms with E-state index in [4.69, 9.17) is 0 Å². The molecule has 8 heteroatoms. The van der Waals surface area contributed by atoms with Crippen LogP contribution in [0.5, 0.6) is 0 Å². The van der Waals surface area contributed by atoms with E-state index in [1.165, 1.54) is 28.6 Å². The number of amides is 1. The minimum absolute atomic E-state index is 0.196. The smallest absolute Gasteiger partial charge is 0.251 e. The van der Waals surface area contributed by atoms with Crippen LogP contribution in [-0.4, -0.2) is 41.7 Å². The number of imidazole rings is 1. The van der Waals surface area contributed by atoms with Gasteiger partial charge in [0.15, 0.2) is 0 Å². The topological polar surface area (TPSA) is 95.2 Å². The van der Waals surface area contributed by atoms with Gasteiger partial charge in [0, 0.05) is 24.3 Å². The van der Waals surface area contributed by atoms with E-state index in [0.717, 1.165) is 30.8 Å². The summed E-state index contributed by atoms with van der Waals surface area (Å²) in [4.78, 5) is 20.4. The van der Waals surface area contributed by atoms with Crippen molar-refractivity contribution in [3.05, 3.63) is 47.0 Å². The maximum atomic E-state index is 12.5. The summed E-state index contributed by atoms with van der Waals surface area (Å²) in [6.07, 6.45) is 4.33. The summed E-state index contributed by atoms with van der Waals surface area (Å²) in [5.41, 5.74) is 2.71. The Hall–Kier alpha value is -2.19. The Morgan fingerprint density at radius 3 is 2.44 bits per heavy atom. The van der Waals surface area contributed by atoms with E-state index in [1.807, 2.05) is 0 Å². The number of aryl methyl sites for hydroxylation is 2. The Labute approximate surface area is 160 Å². The molecular formula is C19H26N4O3S. The molecule has 27 heavy (non-hydrogen) atoms. The Morgan fingerprint density at radius 2 is 1.81 bits per heavy atom. The van der Waals surface area contributed by atoms with Crippen molar-refractivity contribution in [2.24, 2.45) is 0 Å². The van der Waals surface area contributed by atoms with Crippen molar-refractivity contribution in [3.63, 3.8) is 0 Å². The number of fused-ring (bicyclic) bond motifs is 1. The molecule has 0 atom stereocenters. The molecule has 1 aromatic heterocycles. The largest absolute Gasteiger partial charge is 0.345 e. The molecule has 7 nitrogen and oxygen atoms in total. The lowest BCUT2D eigenvalue weighted by Gasteiger charge is -2.18. The summed E-state index contributed by atoms with van der Waals surface area (Å²) in [6.45, 7) is 4.75. The van der Waals surface area contributed by atoms with E-state index in [-0.39, 0.29) is 10.8 Å². The maximum absolute atomic E-state index is 12.5. The molecule has 146 valence electrons. The van der Waals surface area contributed by atoms with Crippen molar-refractivity contribution in [1.29, 1.82) is 0 Å². The fourth-order valence-corrected chi connectivity index (χ4v) is 4.81. The molecular weight excluding hydrogens is 364 g/mol. The number of carbonyl (C=O) groups is 1. The van der Waals surface area contributed by atoms with E-state index >= 15 is 0 Å². The first-order valence-corrected chi connectivity index (χ1v) is 10.8. The minimum atomic E-state index is -3.51. The Morgan fingerprint density at radius 1 is 1.15 bits per heavy atom. The van der Waals surface area contributed by atoms with Gasteiger partial charge in [-0.15, -0.1) is 0 Å². The lowest BCUT2D eigenvalue weighted by Crippen LogP contribution is -2.30. The molecule has 0 saturated carbocycles. The van der Waals surface area contributed by atoms with Crippen LogP contribution in [0, 0.1) is 0 Å². The number of aromatic amines is 1. The number of nitrogens with one attached hydrogen (secondary N) is 2. The van der Waals surface area contributed by atoms with Crippen molar-refractivity contribution < 1.29 is 13.2 Å². The predicted octanol–water partition coefficient (Wildman–Crippen LogP) is 2.25. The molecule has 1 aliphatic rings. The maximum Gasteiger partial charge on any atom is 0.251 e. The highest BCUT2D eigenvalue weighted by atomic mass is 32.2. The van der Waals surface area contributed by atoms with Crippen molar-refractivity contribution in [3.8, 4) is 0 Å². The van der Waals surface area contributed by atoms with Gasteiger partial charge < -0.3 is 10.3 Å². The molecule has 0 unspecified atom stereocenters. The second-order valence-corrected chi connectivity index (χ2v) is 8.55. The molecule has 1 heterocycles. The molecule has 1 amide bonds. The van der Waals surface area contributed by atoms with E-state index < -0.39 is 10.0 Å². The third-order valence-corrected chi connectivity index (χ3v) is 6.94. The van der Waals surface area contributed by atoms with Gasteiger partial charge in [0.2, 0.25) is 10.0 Å².